The summed E-state index contributed by atoms with van der Waals surface area (Å²) in [5.41, 5.74) is 1.48. The number of benzene rings is 1. The van der Waals surface area contributed by atoms with Crippen molar-refractivity contribution in [1.82, 2.24) is 14.3 Å². The van der Waals surface area contributed by atoms with E-state index in [-0.39, 0.29) is 12.2 Å². The molecule has 2 atom stereocenters. The van der Waals surface area contributed by atoms with Crippen molar-refractivity contribution < 1.29 is 10.2 Å². The van der Waals surface area contributed by atoms with Gasteiger partial charge in [0.25, 0.3) is 5.56 Å². The zero-order chi connectivity index (χ0) is 20.4. The molecular weight excluding hydrogens is 390 g/mol. The van der Waals surface area contributed by atoms with Crippen LogP contribution in [0.1, 0.15) is 17.7 Å². The Balaban J connectivity index is 1.57. The van der Waals surface area contributed by atoms with Gasteiger partial charge in [-0.1, -0.05) is 41.9 Å². The summed E-state index contributed by atoms with van der Waals surface area (Å²) in [6, 6.07) is 14.9. The second-order valence-corrected chi connectivity index (χ2v) is 8.30. The highest BCUT2D eigenvalue weighted by Crippen LogP contribution is 2.34. The van der Waals surface area contributed by atoms with Gasteiger partial charge in [0.1, 0.15) is 5.65 Å². The van der Waals surface area contributed by atoms with E-state index in [9.17, 15) is 15.0 Å². The van der Waals surface area contributed by atoms with Crippen LogP contribution in [0, 0.1) is 5.41 Å². The number of pyridine rings is 1. The van der Waals surface area contributed by atoms with Crippen LogP contribution in [0.5, 0.6) is 0 Å². The van der Waals surface area contributed by atoms with E-state index in [1.54, 1.807) is 18.3 Å². The number of aliphatic hydroxyl groups excluding tert-OH is 2. The normalized spacial score (nSPS) is 22.8. The molecule has 0 saturated carbocycles. The maximum Gasteiger partial charge on any atom is 0.258 e. The van der Waals surface area contributed by atoms with Crippen molar-refractivity contribution in [3.63, 3.8) is 0 Å². The Morgan fingerprint density at radius 2 is 2.00 bits per heavy atom. The third-order valence-corrected chi connectivity index (χ3v) is 5.96. The summed E-state index contributed by atoms with van der Waals surface area (Å²) in [7, 11) is 0. The Hall–Kier alpha value is -2.25. The van der Waals surface area contributed by atoms with Crippen LogP contribution in [-0.4, -0.2) is 50.3 Å². The van der Waals surface area contributed by atoms with E-state index in [0.717, 1.165) is 5.56 Å². The molecule has 2 N–H and O–H groups in total. The summed E-state index contributed by atoms with van der Waals surface area (Å²) in [5.74, 6) is 0. The second-order valence-electron chi connectivity index (χ2n) is 7.86. The molecule has 152 valence electrons. The highest BCUT2D eigenvalue weighted by atomic mass is 35.5. The Kier molecular flexibility index (Phi) is 5.69. The molecule has 0 spiro atoms. The van der Waals surface area contributed by atoms with Crippen LogP contribution in [0.4, 0.5) is 0 Å². The molecule has 3 aromatic rings. The molecule has 0 amide bonds. The number of aliphatic hydroxyl groups is 2. The molecule has 0 aliphatic carbocycles. The van der Waals surface area contributed by atoms with E-state index in [2.05, 4.69) is 9.88 Å². The number of hydrogen-bond donors (Lipinski definition) is 2. The Morgan fingerprint density at radius 3 is 2.76 bits per heavy atom. The van der Waals surface area contributed by atoms with Gasteiger partial charge in [0, 0.05) is 37.3 Å². The zero-order valence-electron chi connectivity index (χ0n) is 16.0. The van der Waals surface area contributed by atoms with Gasteiger partial charge in [-0.15, -0.1) is 0 Å². The Morgan fingerprint density at radius 1 is 1.21 bits per heavy atom. The van der Waals surface area contributed by atoms with E-state index in [0.29, 0.717) is 48.8 Å². The number of piperidine rings is 1. The maximum atomic E-state index is 12.4. The van der Waals surface area contributed by atoms with Gasteiger partial charge in [-0.3, -0.25) is 14.1 Å². The van der Waals surface area contributed by atoms with Gasteiger partial charge in [0.15, 0.2) is 0 Å². The standard InChI is InChI=1S/C22H24ClN3O3/c23-17-6-7-20-24-18(10-21(29)26(20)12-17)13-25-9-8-19(28)22(14-25,15-27)11-16-4-2-1-3-5-16/h1-7,10,12,19,27-28H,8-9,11,13-15H2/t19-,22+/m0/s1. The average molecular weight is 414 g/mol. The molecule has 1 aromatic carbocycles. The van der Waals surface area contributed by atoms with Gasteiger partial charge in [-0.2, -0.15) is 0 Å². The number of likely N-dealkylation sites (tertiary alicyclic amines) is 1. The van der Waals surface area contributed by atoms with Crippen LogP contribution in [0.3, 0.4) is 0 Å². The summed E-state index contributed by atoms with van der Waals surface area (Å²) >= 11 is 5.97. The molecular formula is C22H24ClN3O3. The average Bonchev–Trinajstić information content (AvgIpc) is 2.72. The van der Waals surface area contributed by atoms with Gasteiger partial charge < -0.3 is 10.2 Å². The van der Waals surface area contributed by atoms with E-state index < -0.39 is 11.5 Å². The summed E-state index contributed by atoms with van der Waals surface area (Å²) in [6.45, 7) is 1.59. The summed E-state index contributed by atoms with van der Waals surface area (Å²) in [5, 5.41) is 21.4. The molecule has 0 radical (unpaired) electrons. The lowest BCUT2D eigenvalue weighted by atomic mass is 9.73. The third-order valence-electron chi connectivity index (χ3n) is 5.74. The van der Waals surface area contributed by atoms with Crippen LogP contribution in [0.25, 0.3) is 5.65 Å². The van der Waals surface area contributed by atoms with Crippen molar-refractivity contribution in [1.29, 1.82) is 0 Å². The van der Waals surface area contributed by atoms with Crippen LogP contribution in [0.15, 0.2) is 59.5 Å². The van der Waals surface area contributed by atoms with E-state index >= 15 is 0 Å². The minimum absolute atomic E-state index is 0.105. The van der Waals surface area contributed by atoms with Crippen molar-refractivity contribution in [2.75, 3.05) is 19.7 Å². The molecule has 1 fully saturated rings. The first-order chi connectivity index (χ1) is 14.0. The predicted octanol–water partition coefficient (Wildman–Crippen LogP) is 2.14. The first-order valence-corrected chi connectivity index (χ1v) is 10.1. The quantitative estimate of drug-likeness (QED) is 0.670. The van der Waals surface area contributed by atoms with Crippen molar-refractivity contribution in [3.8, 4) is 0 Å². The molecule has 7 heteroatoms. The van der Waals surface area contributed by atoms with Crippen molar-refractivity contribution >= 4 is 17.2 Å². The minimum atomic E-state index is -0.640. The van der Waals surface area contributed by atoms with Gasteiger partial charge >= 0.3 is 0 Å². The van der Waals surface area contributed by atoms with Gasteiger partial charge in [-0.25, -0.2) is 4.98 Å². The van der Waals surface area contributed by atoms with Crippen molar-refractivity contribution in [2.45, 2.75) is 25.5 Å². The smallest absolute Gasteiger partial charge is 0.258 e. The van der Waals surface area contributed by atoms with Crippen LogP contribution >= 0.6 is 11.6 Å². The molecule has 2 aromatic heterocycles. The number of fused-ring (bicyclic) bond motifs is 1. The fraction of sp³-hybridized carbons (Fsp3) is 0.364. The number of halogens is 1. The first-order valence-electron chi connectivity index (χ1n) is 9.72. The van der Waals surface area contributed by atoms with Gasteiger partial charge in [0.2, 0.25) is 0 Å². The molecule has 0 bridgehead atoms. The molecule has 0 unspecified atom stereocenters. The van der Waals surface area contributed by atoms with Crippen LogP contribution < -0.4 is 5.56 Å². The zero-order valence-corrected chi connectivity index (χ0v) is 16.8. The number of hydrogen-bond acceptors (Lipinski definition) is 5. The lowest BCUT2D eigenvalue weighted by Gasteiger charge is -2.45. The highest BCUT2D eigenvalue weighted by molar-refractivity contribution is 6.30. The first kappa shape index (κ1) is 20.0. The maximum absolute atomic E-state index is 12.4. The van der Waals surface area contributed by atoms with Crippen LogP contribution in [-0.2, 0) is 13.0 Å². The van der Waals surface area contributed by atoms with Crippen molar-refractivity contribution in [3.05, 3.63) is 81.4 Å². The monoisotopic (exact) mass is 413 g/mol. The molecule has 6 nitrogen and oxygen atoms in total. The summed E-state index contributed by atoms with van der Waals surface area (Å²) < 4.78 is 1.43. The summed E-state index contributed by atoms with van der Waals surface area (Å²) in [6.07, 6.45) is 2.13. The fourth-order valence-corrected chi connectivity index (χ4v) is 4.36. The Labute approximate surface area is 174 Å². The SMILES string of the molecule is O=c1cc(CN2CC[C@H](O)[C@](CO)(Cc3ccccc3)C2)nc2ccc(Cl)cn12. The summed E-state index contributed by atoms with van der Waals surface area (Å²) in [4.78, 5) is 19.2. The van der Waals surface area contributed by atoms with E-state index in [1.807, 2.05) is 30.3 Å². The number of rotatable bonds is 5. The molecule has 1 saturated heterocycles. The van der Waals surface area contributed by atoms with Gasteiger partial charge in [-0.05, 0) is 30.5 Å². The van der Waals surface area contributed by atoms with E-state index in [4.69, 9.17) is 11.6 Å². The molecule has 4 rings (SSSR count). The lowest BCUT2D eigenvalue weighted by molar-refractivity contribution is -0.0770. The molecule has 1 aliphatic heterocycles. The number of aromatic nitrogens is 2. The van der Waals surface area contributed by atoms with Crippen LogP contribution in [0.2, 0.25) is 5.02 Å². The lowest BCUT2D eigenvalue weighted by Crippen LogP contribution is -2.54. The molecule has 1 aliphatic rings. The second kappa shape index (κ2) is 8.24. The van der Waals surface area contributed by atoms with E-state index in [1.165, 1.54) is 10.5 Å². The molecule has 3 heterocycles. The highest BCUT2D eigenvalue weighted by Gasteiger charge is 2.42. The molecule has 29 heavy (non-hydrogen) atoms. The fourth-order valence-electron chi connectivity index (χ4n) is 4.20. The topological polar surface area (TPSA) is 78.1 Å². The number of nitrogens with zero attached hydrogens (tertiary/aromatic N) is 3. The Bertz CT molecular complexity index is 1060. The van der Waals surface area contributed by atoms with Gasteiger partial charge in [0.05, 0.1) is 23.4 Å². The predicted molar refractivity (Wildman–Crippen MR) is 112 cm³/mol. The van der Waals surface area contributed by atoms with Crippen molar-refractivity contribution in [2.24, 2.45) is 5.41 Å². The third kappa shape index (κ3) is 4.21. The largest absolute Gasteiger partial charge is 0.396 e. The minimum Gasteiger partial charge on any atom is -0.396 e.